The van der Waals surface area contributed by atoms with E-state index in [-0.39, 0.29) is 35.8 Å². The van der Waals surface area contributed by atoms with E-state index in [1.54, 1.807) is 59.4 Å². The van der Waals surface area contributed by atoms with Crippen LogP contribution >= 0.6 is 0 Å². The van der Waals surface area contributed by atoms with Gasteiger partial charge in [0.2, 0.25) is 15.9 Å². The second kappa shape index (κ2) is 12.9. The summed E-state index contributed by atoms with van der Waals surface area (Å²) in [4.78, 5) is 30.2. The molecular formula is C29H35N3O6S. The minimum Gasteiger partial charge on any atom is -0.497 e. The molecule has 2 amide bonds. The number of rotatable bonds is 11. The lowest BCUT2D eigenvalue weighted by Gasteiger charge is -2.39. The number of amides is 2. The molecule has 2 aromatic carbocycles. The lowest BCUT2D eigenvalue weighted by atomic mass is 10.0. The Morgan fingerprint density at radius 3 is 2.28 bits per heavy atom. The largest absolute Gasteiger partial charge is 0.497 e. The second-order valence-electron chi connectivity index (χ2n) is 9.52. The zero-order chi connectivity index (χ0) is 27.8. The van der Waals surface area contributed by atoms with Gasteiger partial charge in [0.25, 0.3) is 5.91 Å². The molecular weight excluding hydrogens is 518 g/mol. The van der Waals surface area contributed by atoms with E-state index in [1.165, 1.54) is 10.6 Å². The minimum absolute atomic E-state index is 0.150. The van der Waals surface area contributed by atoms with E-state index < -0.39 is 10.0 Å². The molecule has 10 heteroatoms. The van der Waals surface area contributed by atoms with Crippen LogP contribution in [0, 0.1) is 0 Å². The summed E-state index contributed by atoms with van der Waals surface area (Å²) in [6, 6.07) is 18.9. The third-order valence-electron chi connectivity index (χ3n) is 6.92. The number of carbonyl (C=O) groups is 2. The summed E-state index contributed by atoms with van der Waals surface area (Å²) in [7, 11) is -2.25. The first-order valence-corrected chi connectivity index (χ1v) is 14.6. The fourth-order valence-corrected chi connectivity index (χ4v) is 6.30. The fraction of sp³-hybridized carbons (Fsp3) is 0.379. The number of carbonyl (C=O) groups excluding carboxylic acids is 2. The Hall–Kier alpha value is -3.63. The van der Waals surface area contributed by atoms with Gasteiger partial charge in [-0.05, 0) is 61.2 Å². The number of hydrogen-bond acceptors (Lipinski definition) is 6. The van der Waals surface area contributed by atoms with Crippen LogP contribution in [-0.4, -0.2) is 73.7 Å². The molecule has 208 valence electrons. The third kappa shape index (κ3) is 6.88. The molecule has 39 heavy (non-hydrogen) atoms. The molecule has 0 saturated carbocycles. The number of sulfonamides is 1. The summed E-state index contributed by atoms with van der Waals surface area (Å²) in [5.41, 5.74) is 0.909. The minimum atomic E-state index is -3.84. The average molecular weight is 554 g/mol. The number of likely N-dealkylation sites (tertiary alicyclic amines) is 1. The van der Waals surface area contributed by atoms with Crippen LogP contribution in [0.25, 0.3) is 0 Å². The molecule has 9 nitrogen and oxygen atoms in total. The highest BCUT2D eigenvalue weighted by Gasteiger charge is 2.33. The quantitative estimate of drug-likeness (QED) is 0.356. The molecule has 1 aromatic heterocycles. The van der Waals surface area contributed by atoms with Gasteiger partial charge in [-0.25, -0.2) is 8.42 Å². The lowest BCUT2D eigenvalue weighted by molar-refractivity contribution is -0.135. The first-order chi connectivity index (χ1) is 18.8. The molecule has 0 aliphatic carbocycles. The van der Waals surface area contributed by atoms with Crippen molar-refractivity contribution in [3.05, 3.63) is 84.3 Å². The summed E-state index contributed by atoms with van der Waals surface area (Å²) < 4.78 is 38.6. The smallest absolute Gasteiger partial charge is 0.289 e. The predicted molar refractivity (Wildman–Crippen MR) is 147 cm³/mol. The molecule has 2 heterocycles. The summed E-state index contributed by atoms with van der Waals surface area (Å²) in [6.45, 7) is 3.13. The summed E-state index contributed by atoms with van der Waals surface area (Å²) in [5, 5.41) is 0. The van der Waals surface area contributed by atoms with Crippen molar-refractivity contribution < 1.29 is 27.2 Å². The van der Waals surface area contributed by atoms with Crippen molar-refractivity contribution >= 4 is 21.8 Å². The van der Waals surface area contributed by atoms with Crippen molar-refractivity contribution in [1.82, 2.24) is 14.1 Å². The molecule has 0 N–H and O–H groups in total. The Kier molecular flexibility index (Phi) is 9.42. The molecule has 0 unspecified atom stereocenters. The average Bonchev–Trinajstić information content (AvgIpc) is 3.51. The van der Waals surface area contributed by atoms with Gasteiger partial charge in [0.15, 0.2) is 5.76 Å². The maximum Gasteiger partial charge on any atom is 0.289 e. The van der Waals surface area contributed by atoms with Crippen molar-refractivity contribution in [2.24, 2.45) is 0 Å². The molecule has 0 atom stereocenters. The second-order valence-corrected chi connectivity index (χ2v) is 11.5. The van der Waals surface area contributed by atoms with Crippen molar-refractivity contribution in [2.45, 2.75) is 43.7 Å². The molecule has 1 saturated heterocycles. The Balaban J connectivity index is 1.54. The number of methoxy groups -OCH3 is 1. The van der Waals surface area contributed by atoms with Crippen molar-refractivity contribution in [2.75, 3.05) is 33.3 Å². The molecule has 1 fully saturated rings. The SMILES string of the molecule is CCCN(CC(=O)N(Cc1ccc(OC)cc1)C1CCN(C(=O)c2ccco2)CC1)S(=O)(=O)c1ccccc1. The fourth-order valence-electron chi connectivity index (χ4n) is 4.80. The van der Waals surface area contributed by atoms with Crippen LogP contribution in [0.2, 0.25) is 0 Å². The van der Waals surface area contributed by atoms with Crippen LogP contribution in [0.3, 0.4) is 0 Å². The number of nitrogens with zero attached hydrogens (tertiary/aromatic N) is 3. The number of piperidine rings is 1. The van der Waals surface area contributed by atoms with E-state index in [0.29, 0.717) is 50.4 Å². The zero-order valence-corrected chi connectivity index (χ0v) is 23.2. The summed E-state index contributed by atoms with van der Waals surface area (Å²) >= 11 is 0. The third-order valence-corrected chi connectivity index (χ3v) is 8.78. The normalized spacial score (nSPS) is 14.4. The number of benzene rings is 2. The van der Waals surface area contributed by atoms with Gasteiger partial charge in [-0.3, -0.25) is 9.59 Å². The standard InChI is InChI=1S/C29H35N3O6S/c1-3-17-31(39(35,36)26-8-5-4-6-9-26)22-28(33)32(21-23-11-13-25(37-2)14-12-23)24-15-18-30(19-16-24)29(34)27-10-7-20-38-27/h4-14,20,24H,3,15-19,21-22H2,1-2H3. The van der Waals surface area contributed by atoms with Crippen LogP contribution in [0.4, 0.5) is 0 Å². The van der Waals surface area contributed by atoms with Crippen LogP contribution in [0.15, 0.2) is 82.3 Å². The van der Waals surface area contributed by atoms with Crippen molar-refractivity contribution in [3.8, 4) is 5.75 Å². The first kappa shape index (κ1) is 28.4. The highest BCUT2D eigenvalue weighted by atomic mass is 32.2. The molecule has 1 aliphatic heterocycles. The van der Waals surface area contributed by atoms with Crippen LogP contribution < -0.4 is 4.74 Å². The van der Waals surface area contributed by atoms with Gasteiger partial charge in [-0.15, -0.1) is 0 Å². The maximum atomic E-state index is 13.8. The molecule has 3 aromatic rings. The molecule has 1 aliphatic rings. The van der Waals surface area contributed by atoms with Gasteiger partial charge in [-0.2, -0.15) is 4.31 Å². The van der Waals surface area contributed by atoms with E-state index in [0.717, 1.165) is 5.56 Å². The van der Waals surface area contributed by atoms with Crippen molar-refractivity contribution in [3.63, 3.8) is 0 Å². The lowest BCUT2D eigenvalue weighted by Crippen LogP contribution is -2.51. The van der Waals surface area contributed by atoms with E-state index >= 15 is 0 Å². The van der Waals surface area contributed by atoms with Gasteiger partial charge < -0.3 is 19.0 Å². The molecule has 0 spiro atoms. The van der Waals surface area contributed by atoms with Crippen molar-refractivity contribution in [1.29, 1.82) is 0 Å². The van der Waals surface area contributed by atoms with Gasteiger partial charge >= 0.3 is 0 Å². The first-order valence-electron chi connectivity index (χ1n) is 13.1. The number of ether oxygens (including phenoxy) is 1. The Morgan fingerprint density at radius 1 is 1.00 bits per heavy atom. The number of furan rings is 1. The Labute approximate surface area is 230 Å². The maximum absolute atomic E-state index is 13.8. The molecule has 0 bridgehead atoms. The highest BCUT2D eigenvalue weighted by molar-refractivity contribution is 7.89. The van der Waals surface area contributed by atoms with E-state index in [9.17, 15) is 18.0 Å². The van der Waals surface area contributed by atoms with E-state index in [1.807, 2.05) is 31.2 Å². The van der Waals surface area contributed by atoms with E-state index in [4.69, 9.17) is 9.15 Å². The van der Waals surface area contributed by atoms with Gasteiger partial charge in [-0.1, -0.05) is 37.3 Å². The topological polar surface area (TPSA) is 100 Å². The van der Waals surface area contributed by atoms with Gasteiger partial charge in [0, 0.05) is 32.2 Å². The monoisotopic (exact) mass is 553 g/mol. The van der Waals surface area contributed by atoms with Gasteiger partial charge in [0.1, 0.15) is 5.75 Å². The summed E-state index contributed by atoms with van der Waals surface area (Å²) in [5.74, 6) is 0.564. The number of hydrogen-bond donors (Lipinski definition) is 0. The van der Waals surface area contributed by atoms with Crippen LogP contribution in [0.5, 0.6) is 5.75 Å². The van der Waals surface area contributed by atoms with E-state index in [2.05, 4.69) is 0 Å². The predicted octanol–water partition coefficient (Wildman–Crippen LogP) is 4.02. The zero-order valence-electron chi connectivity index (χ0n) is 22.4. The van der Waals surface area contributed by atoms with Crippen LogP contribution in [-0.2, 0) is 21.4 Å². The van der Waals surface area contributed by atoms with Crippen LogP contribution in [0.1, 0.15) is 42.3 Å². The summed E-state index contributed by atoms with van der Waals surface area (Å²) in [6.07, 6.45) is 3.20. The Morgan fingerprint density at radius 2 is 1.69 bits per heavy atom. The Bertz CT molecular complexity index is 1320. The molecule has 0 radical (unpaired) electrons. The van der Waals surface area contributed by atoms with Gasteiger partial charge in [0.05, 0.1) is 24.8 Å². The highest BCUT2D eigenvalue weighted by Crippen LogP contribution is 2.24. The molecule has 4 rings (SSSR count).